The summed E-state index contributed by atoms with van der Waals surface area (Å²) in [5.74, 6) is 1.14. The molecule has 0 amide bonds. The summed E-state index contributed by atoms with van der Waals surface area (Å²) in [7, 11) is 0. The maximum atomic E-state index is 10.3. The first-order chi connectivity index (χ1) is 7.24. The molecule has 1 saturated carbocycles. The van der Waals surface area contributed by atoms with Crippen molar-refractivity contribution in [2.45, 2.75) is 23.3 Å². The maximum Gasteiger partial charge on any atom is 0.0890 e. The lowest BCUT2D eigenvalue weighted by atomic mass is 10.0. The Hall–Kier alpha value is -0.510. The highest BCUT2D eigenvalue weighted by atomic mass is 32.2. The summed E-state index contributed by atoms with van der Waals surface area (Å²) in [6, 6.07) is 10.2. The molecule has 1 aliphatic rings. The van der Waals surface area contributed by atoms with Gasteiger partial charge in [-0.15, -0.1) is 11.8 Å². The minimum Gasteiger partial charge on any atom is -0.387 e. The van der Waals surface area contributed by atoms with Crippen molar-refractivity contribution < 1.29 is 5.11 Å². The van der Waals surface area contributed by atoms with Gasteiger partial charge in [-0.05, 0) is 30.9 Å². The van der Waals surface area contributed by atoms with Crippen LogP contribution in [0.2, 0.25) is 0 Å². The molecule has 0 saturated heterocycles. The summed E-state index contributed by atoms with van der Waals surface area (Å²) < 4.78 is 0. The molecular formula is C12H17NOS. The average molecular weight is 223 g/mol. The van der Waals surface area contributed by atoms with E-state index < -0.39 is 5.60 Å². The molecule has 1 aliphatic carbocycles. The molecule has 3 N–H and O–H groups in total. The van der Waals surface area contributed by atoms with Crippen LogP contribution in [-0.4, -0.2) is 23.0 Å². The Labute approximate surface area is 94.9 Å². The van der Waals surface area contributed by atoms with Gasteiger partial charge < -0.3 is 10.8 Å². The number of hydrogen-bond donors (Lipinski definition) is 2. The molecule has 0 spiro atoms. The number of aliphatic hydroxyl groups is 1. The molecule has 0 bridgehead atoms. The van der Waals surface area contributed by atoms with Gasteiger partial charge in [0.25, 0.3) is 0 Å². The Bertz CT molecular complexity index is 313. The van der Waals surface area contributed by atoms with Crippen LogP contribution in [0.15, 0.2) is 35.2 Å². The molecule has 0 radical (unpaired) electrons. The first-order valence-corrected chi connectivity index (χ1v) is 6.33. The molecule has 1 fully saturated rings. The Morgan fingerprint density at radius 3 is 2.53 bits per heavy atom. The van der Waals surface area contributed by atoms with Crippen LogP contribution in [0.5, 0.6) is 0 Å². The van der Waals surface area contributed by atoms with Crippen LogP contribution in [0.25, 0.3) is 0 Å². The van der Waals surface area contributed by atoms with Crippen molar-refractivity contribution in [3.8, 4) is 0 Å². The lowest BCUT2D eigenvalue weighted by Crippen LogP contribution is -2.42. The molecule has 1 atom stereocenters. The van der Waals surface area contributed by atoms with Crippen LogP contribution in [0.3, 0.4) is 0 Å². The second-order valence-electron chi connectivity index (χ2n) is 4.18. The molecule has 0 aromatic heterocycles. The van der Waals surface area contributed by atoms with Gasteiger partial charge in [0.15, 0.2) is 0 Å². The molecular weight excluding hydrogens is 206 g/mol. The van der Waals surface area contributed by atoms with Crippen LogP contribution in [0.1, 0.15) is 12.8 Å². The van der Waals surface area contributed by atoms with Crippen LogP contribution in [0.4, 0.5) is 0 Å². The van der Waals surface area contributed by atoms with E-state index in [1.165, 1.54) is 4.90 Å². The summed E-state index contributed by atoms with van der Waals surface area (Å²) >= 11 is 1.69. The first kappa shape index (κ1) is 11.0. The van der Waals surface area contributed by atoms with Crippen molar-refractivity contribution in [1.29, 1.82) is 0 Å². The van der Waals surface area contributed by atoms with Gasteiger partial charge >= 0.3 is 0 Å². The van der Waals surface area contributed by atoms with E-state index in [-0.39, 0.29) is 0 Å². The fourth-order valence-electron chi connectivity index (χ4n) is 1.69. The number of rotatable bonds is 5. The van der Waals surface area contributed by atoms with Gasteiger partial charge in [-0.3, -0.25) is 0 Å². The summed E-state index contributed by atoms with van der Waals surface area (Å²) in [6.07, 6.45) is 2.26. The van der Waals surface area contributed by atoms with Crippen LogP contribution in [0, 0.1) is 5.92 Å². The molecule has 0 aliphatic heterocycles. The molecule has 0 heterocycles. The normalized spacial score (nSPS) is 19.9. The second-order valence-corrected chi connectivity index (χ2v) is 5.23. The minimum atomic E-state index is -0.652. The fourth-order valence-corrected chi connectivity index (χ4v) is 2.81. The zero-order valence-corrected chi connectivity index (χ0v) is 9.54. The van der Waals surface area contributed by atoms with Crippen LogP contribution in [-0.2, 0) is 0 Å². The van der Waals surface area contributed by atoms with Crippen LogP contribution >= 0.6 is 11.8 Å². The minimum absolute atomic E-state index is 0.373. The molecule has 2 rings (SSSR count). The third-order valence-electron chi connectivity index (χ3n) is 2.92. The molecule has 1 aromatic rings. The highest BCUT2D eigenvalue weighted by molar-refractivity contribution is 7.99. The highest BCUT2D eigenvalue weighted by Gasteiger charge is 2.42. The fraction of sp³-hybridized carbons (Fsp3) is 0.500. The topological polar surface area (TPSA) is 46.2 Å². The number of benzene rings is 1. The van der Waals surface area contributed by atoms with Gasteiger partial charge in [0.05, 0.1) is 5.60 Å². The Kier molecular flexibility index (Phi) is 3.34. The van der Waals surface area contributed by atoms with E-state index in [2.05, 4.69) is 12.1 Å². The summed E-state index contributed by atoms with van der Waals surface area (Å²) in [6.45, 7) is 0.373. The Balaban J connectivity index is 1.91. The van der Waals surface area contributed by atoms with Crippen molar-refractivity contribution in [3.63, 3.8) is 0 Å². The SMILES string of the molecule is NCC(O)(CSc1ccccc1)C1CC1. The lowest BCUT2D eigenvalue weighted by Gasteiger charge is -2.25. The third-order valence-corrected chi connectivity index (χ3v) is 4.17. The molecule has 15 heavy (non-hydrogen) atoms. The van der Waals surface area contributed by atoms with Gasteiger partial charge in [0.2, 0.25) is 0 Å². The van der Waals surface area contributed by atoms with E-state index in [0.717, 1.165) is 12.8 Å². The van der Waals surface area contributed by atoms with E-state index >= 15 is 0 Å². The number of thioether (sulfide) groups is 1. The van der Waals surface area contributed by atoms with Crippen molar-refractivity contribution in [3.05, 3.63) is 30.3 Å². The number of hydrogen-bond acceptors (Lipinski definition) is 3. The molecule has 2 nitrogen and oxygen atoms in total. The van der Waals surface area contributed by atoms with E-state index in [1.54, 1.807) is 11.8 Å². The summed E-state index contributed by atoms with van der Waals surface area (Å²) in [4.78, 5) is 1.20. The molecule has 1 unspecified atom stereocenters. The first-order valence-electron chi connectivity index (χ1n) is 5.35. The van der Waals surface area contributed by atoms with E-state index in [9.17, 15) is 5.11 Å². The molecule has 82 valence electrons. The standard InChI is InChI=1S/C12H17NOS/c13-8-12(14,10-6-7-10)9-15-11-4-2-1-3-5-11/h1-5,10,14H,6-9,13H2. The third kappa shape index (κ3) is 2.74. The number of nitrogens with two attached hydrogens (primary N) is 1. The van der Waals surface area contributed by atoms with Crippen molar-refractivity contribution in [1.82, 2.24) is 0 Å². The van der Waals surface area contributed by atoms with Crippen molar-refractivity contribution in [2.24, 2.45) is 11.7 Å². The van der Waals surface area contributed by atoms with E-state index in [0.29, 0.717) is 18.2 Å². The zero-order chi connectivity index (χ0) is 10.7. The smallest absolute Gasteiger partial charge is 0.0890 e. The Morgan fingerprint density at radius 2 is 2.00 bits per heavy atom. The predicted molar refractivity (Wildman–Crippen MR) is 63.9 cm³/mol. The zero-order valence-electron chi connectivity index (χ0n) is 8.73. The molecule has 3 heteroatoms. The molecule has 1 aromatic carbocycles. The Morgan fingerprint density at radius 1 is 1.33 bits per heavy atom. The summed E-state index contributed by atoms with van der Waals surface area (Å²) in [5, 5.41) is 10.3. The van der Waals surface area contributed by atoms with Crippen LogP contribution < -0.4 is 5.73 Å². The van der Waals surface area contributed by atoms with Gasteiger partial charge in [-0.1, -0.05) is 18.2 Å². The monoisotopic (exact) mass is 223 g/mol. The van der Waals surface area contributed by atoms with Crippen molar-refractivity contribution >= 4 is 11.8 Å². The second kappa shape index (κ2) is 4.56. The quantitative estimate of drug-likeness (QED) is 0.749. The maximum absolute atomic E-state index is 10.3. The van der Waals surface area contributed by atoms with E-state index in [1.807, 2.05) is 18.2 Å². The largest absolute Gasteiger partial charge is 0.387 e. The highest BCUT2D eigenvalue weighted by Crippen LogP contribution is 2.41. The van der Waals surface area contributed by atoms with Gasteiger partial charge in [0, 0.05) is 17.2 Å². The van der Waals surface area contributed by atoms with Gasteiger partial charge in [0.1, 0.15) is 0 Å². The van der Waals surface area contributed by atoms with Gasteiger partial charge in [-0.25, -0.2) is 0 Å². The van der Waals surface area contributed by atoms with Gasteiger partial charge in [-0.2, -0.15) is 0 Å². The van der Waals surface area contributed by atoms with E-state index in [4.69, 9.17) is 5.73 Å². The average Bonchev–Trinajstić information content (AvgIpc) is 3.11. The predicted octanol–water partition coefficient (Wildman–Crippen LogP) is 1.88. The van der Waals surface area contributed by atoms with Crippen molar-refractivity contribution in [2.75, 3.05) is 12.3 Å². The summed E-state index contributed by atoms with van der Waals surface area (Å²) in [5.41, 5.74) is 5.00. The lowest BCUT2D eigenvalue weighted by molar-refractivity contribution is 0.0510.